The van der Waals surface area contributed by atoms with Crippen molar-refractivity contribution in [1.29, 1.82) is 0 Å². The number of amides is 1. The molecule has 27 heavy (non-hydrogen) atoms. The molecule has 1 amide bonds. The van der Waals surface area contributed by atoms with Gasteiger partial charge in [0.25, 0.3) is 5.91 Å². The third-order valence-corrected chi connectivity index (χ3v) is 5.36. The Balaban J connectivity index is 1.17. The standard InChI is InChI=1S/C18H21N5O3S/c24-18(14-3-1-11-25-14)19-5-6-22-7-9-23(10-8-22)13-16-20-17(21-26-16)15-4-2-12-27-15/h1-4,11-12H,5-10,13H2,(H,19,24). The highest BCUT2D eigenvalue weighted by molar-refractivity contribution is 7.13. The van der Waals surface area contributed by atoms with E-state index >= 15 is 0 Å². The molecule has 4 heterocycles. The maximum Gasteiger partial charge on any atom is 0.287 e. The van der Waals surface area contributed by atoms with Crippen molar-refractivity contribution in [3.63, 3.8) is 0 Å². The first-order chi connectivity index (χ1) is 13.3. The van der Waals surface area contributed by atoms with Crippen molar-refractivity contribution in [2.75, 3.05) is 39.3 Å². The van der Waals surface area contributed by atoms with Crippen LogP contribution in [0.5, 0.6) is 0 Å². The number of nitrogens with one attached hydrogen (secondary N) is 1. The van der Waals surface area contributed by atoms with Gasteiger partial charge in [-0.25, -0.2) is 0 Å². The number of hydrogen-bond donors (Lipinski definition) is 1. The second kappa shape index (κ2) is 8.47. The highest BCUT2D eigenvalue weighted by Crippen LogP contribution is 2.21. The van der Waals surface area contributed by atoms with E-state index in [-0.39, 0.29) is 5.91 Å². The SMILES string of the molecule is O=C(NCCN1CCN(Cc2nc(-c3cccs3)no2)CC1)c1ccco1. The number of thiophene rings is 1. The van der Waals surface area contributed by atoms with Crippen molar-refractivity contribution in [3.8, 4) is 10.7 Å². The summed E-state index contributed by atoms with van der Waals surface area (Å²) in [5.74, 6) is 1.49. The Morgan fingerprint density at radius 2 is 2.04 bits per heavy atom. The van der Waals surface area contributed by atoms with Crippen molar-refractivity contribution < 1.29 is 13.7 Å². The van der Waals surface area contributed by atoms with Crippen LogP contribution in [0.15, 0.2) is 44.8 Å². The van der Waals surface area contributed by atoms with Gasteiger partial charge >= 0.3 is 0 Å². The summed E-state index contributed by atoms with van der Waals surface area (Å²) in [7, 11) is 0. The zero-order chi connectivity index (χ0) is 18.5. The van der Waals surface area contributed by atoms with Gasteiger partial charge < -0.3 is 14.3 Å². The summed E-state index contributed by atoms with van der Waals surface area (Å²) in [5.41, 5.74) is 0. The molecule has 9 heteroatoms. The van der Waals surface area contributed by atoms with E-state index in [9.17, 15) is 4.79 Å². The highest BCUT2D eigenvalue weighted by Gasteiger charge is 2.19. The van der Waals surface area contributed by atoms with E-state index in [1.807, 2.05) is 17.5 Å². The minimum absolute atomic E-state index is 0.170. The Kier molecular flexibility index (Phi) is 5.61. The molecule has 0 bridgehead atoms. The van der Waals surface area contributed by atoms with Crippen LogP contribution in [-0.4, -0.2) is 65.1 Å². The normalized spacial score (nSPS) is 15.9. The number of aromatic nitrogens is 2. The van der Waals surface area contributed by atoms with Crippen LogP contribution in [-0.2, 0) is 6.54 Å². The van der Waals surface area contributed by atoms with Crippen molar-refractivity contribution >= 4 is 17.2 Å². The van der Waals surface area contributed by atoms with Crippen LogP contribution in [0.4, 0.5) is 0 Å². The molecule has 0 aliphatic carbocycles. The Bertz CT molecular complexity index is 838. The lowest BCUT2D eigenvalue weighted by atomic mass is 10.3. The van der Waals surface area contributed by atoms with Gasteiger partial charge in [0, 0.05) is 39.3 Å². The van der Waals surface area contributed by atoms with Crippen molar-refractivity contribution in [2.24, 2.45) is 0 Å². The Hall–Kier alpha value is -2.49. The number of nitrogens with zero attached hydrogens (tertiary/aromatic N) is 4. The average molecular weight is 387 g/mol. The molecule has 3 aromatic heterocycles. The molecule has 1 aliphatic heterocycles. The van der Waals surface area contributed by atoms with Gasteiger partial charge in [-0.1, -0.05) is 11.2 Å². The van der Waals surface area contributed by atoms with E-state index in [0.29, 0.717) is 30.6 Å². The number of carbonyl (C=O) groups excluding carboxylic acids is 1. The maximum absolute atomic E-state index is 11.8. The predicted octanol–water partition coefficient (Wildman–Crippen LogP) is 1.94. The Morgan fingerprint density at radius 1 is 1.19 bits per heavy atom. The van der Waals surface area contributed by atoms with Crippen LogP contribution in [0.2, 0.25) is 0 Å². The molecule has 0 radical (unpaired) electrons. The van der Waals surface area contributed by atoms with Crippen LogP contribution in [0, 0.1) is 0 Å². The van der Waals surface area contributed by atoms with E-state index in [1.54, 1.807) is 23.5 Å². The molecule has 1 aliphatic rings. The van der Waals surface area contributed by atoms with Crippen molar-refractivity contribution in [2.45, 2.75) is 6.54 Å². The lowest BCUT2D eigenvalue weighted by Gasteiger charge is -2.33. The number of rotatable bonds is 7. The maximum atomic E-state index is 11.8. The molecule has 8 nitrogen and oxygen atoms in total. The number of furan rings is 1. The Labute approximate surface area is 160 Å². The van der Waals surface area contributed by atoms with Crippen LogP contribution < -0.4 is 5.32 Å². The van der Waals surface area contributed by atoms with E-state index in [4.69, 9.17) is 8.94 Å². The van der Waals surface area contributed by atoms with E-state index in [1.165, 1.54) is 6.26 Å². The molecule has 142 valence electrons. The summed E-state index contributed by atoms with van der Waals surface area (Å²) in [6, 6.07) is 7.34. The summed E-state index contributed by atoms with van der Waals surface area (Å²) in [6.07, 6.45) is 1.50. The first-order valence-electron chi connectivity index (χ1n) is 8.91. The monoisotopic (exact) mass is 387 g/mol. The minimum Gasteiger partial charge on any atom is -0.459 e. The van der Waals surface area contributed by atoms with Gasteiger partial charge in [0.15, 0.2) is 5.76 Å². The fourth-order valence-electron chi connectivity index (χ4n) is 3.01. The fourth-order valence-corrected chi connectivity index (χ4v) is 3.66. The lowest BCUT2D eigenvalue weighted by Crippen LogP contribution is -2.48. The zero-order valence-electron chi connectivity index (χ0n) is 14.8. The van der Waals surface area contributed by atoms with Gasteiger partial charge in [-0.2, -0.15) is 4.98 Å². The molecule has 0 spiro atoms. The Morgan fingerprint density at radius 3 is 2.78 bits per heavy atom. The summed E-state index contributed by atoms with van der Waals surface area (Å²) < 4.78 is 10.5. The van der Waals surface area contributed by atoms with Crippen molar-refractivity contribution in [3.05, 3.63) is 47.6 Å². The summed E-state index contributed by atoms with van der Waals surface area (Å²) >= 11 is 1.60. The second-order valence-corrected chi connectivity index (χ2v) is 7.29. The smallest absolute Gasteiger partial charge is 0.287 e. The largest absolute Gasteiger partial charge is 0.459 e. The number of piperazine rings is 1. The van der Waals surface area contributed by atoms with Crippen molar-refractivity contribution in [1.82, 2.24) is 25.3 Å². The van der Waals surface area contributed by atoms with Crippen LogP contribution in [0.25, 0.3) is 10.7 Å². The van der Waals surface area contributed by atoms with Gasteiger partial charge in [0.1, 0.15) is 0 Å². The first-order valence-corrected chi connectivity index (χ1v) is 9.79. The quantitative estimate of drug-likeness (QED) is 0.663. The van der Waals surface area contributed by atoms with Gasteiger partial charge in [-0.15, -0.1) is 11.3 Å². The number of hydrogen-bond acceptors (Lipinski definition) is 8. The van der Waals surface area contributed by atoms with E-state index < -0.39 is 0 Å². The van der Waals surface area contributed by atoms with Gasteiger partial charge in [-0.05, 0) is 23.6 Å². The van der Waals surface area contributed by atoms with Gasteiger partial charge in [0.05, 0.1) is 17.7 Å². The number of carbonyl (C=O) groups is 1. The molecule has 1 saturated heterocycles. The van der Waals surface area contributed by atoms with Crippen LogP contribution in [0.1, 0.15) is 16.4 Å². The van der Waals surface area contributed by atoms with E-state index in [0.717, 1.165) is 37.6 Å². The van der Waals surface area contributed by atoms with Gasteiger partial charge in [0.2, 0.25) is 11.7 Å². The average Bonchev–Trinajstić information content (AvgIpc) is 3.45. The molecular weight excluding hydrogens is 366 g/mol. The molecule has 0 saturated carbocycles. The summed E-state index contributed by atoms with van der Waals surface area (Å²) in [5, 5.41) is 8.94. The molecule has 0 aromatic carbocycles. The molecule has 1 N–H and O–H groups in total. The summed E-state index contributed by atoms with van der Waals surface area (Å²) in [6.45, 7) is 5.86. The molecule has 3 aromatic rings. The highest BCUT2D eigenvalue weighted by atomic mass is 32.1. The molecule has 0 atom stereocenters. The molecular formula is C18H21N5O3S. The zero-order valence-corrected chi connectivity index (χ0v) is 15.7. The minimum atomic E-state index is -0.170. The molecule has 0 unspecified atom stereocenters. The fraction of sp³-hybridized carbons (Fsp3) is 0.389. The molecule has 4 rings (SSSR count). The van der Waals surface area contributed by atoms with Crippen LogP contribution in [0.3, 0.4) is 0 Å². The second-order valence-electron chi connectivity index (χ2n) is 6.34. The third-order valence-electron chi connectivity index (χ3n) is 4.49. The third kappa shape index (κ3) is 4.62. The summed E-state index contributed by atoms with van der Waals surface area (Å²) in [4.78, 5) is 22.0. The molecule has 1 fully saturated rings. The van der Waals surface area contributed by atoms with Crippen LogP contribution >= 0.6 is 11.3 Å². The topological polar surface area (TPSA) is 87.6 Å². The first kappa shape index (κ1) is 17.9. The van der Waals surface area contributed by atoms with E-state index in [2.05, 4.69) is 25.3 Å². The van der Waals surface area contributed by atoms with Gasteiger partial charge in [-0.3, -0.25) is 14.6 Å². The predicted molar refractivity (Wildman–Crippen MR) is 100 cm³/mol. The lowest BCUT2D eigenvalue weighted by molar-refractivity contribution is 0.0902.